The predicted molar refractivity (Wildman–Crippen MR) is 96.9 cm³/mol. The average Bonchev–Trinajstić information content (AvgIpc) is 3.31. The van der Waals surface area contributed by atoms with Gasteiger partial charge < -0.3 is 9.64 Å². The Balaban J connectivity index is 1.36. The lowest BCUT2D eigenvalue weighted by atomic mass is 9.92. The molecule has 2 fully saturated rings. The van der Waals surface area contributed by atoms with Crippen LogP contribution in [0.2, 0.25) is 0 Å². The monoisotopic (exact) mass is 387 g/mol. The number of urea groups is 1. The molecule has 3 aliphatic rings. The van der Waals surface area contributed by atoms with Crippen LogP contribution < -0.4 is 20.5 Å². The van der Waals surface area contributed by atoms with Crippen molar-refractivity contribution in [2.24, 2.45) is 0 Å². The van der Waals surface area contributed by atoms with Crippen LogP contribution in [0.4, 0.5) is 19.4 Å². The highest BCUT2D eigenvalue weighted by Crippen LogP contribution is 2.35. The summed E-state index contributed by atoms with van der Waals surface area (Å²) in [4.78, 5) is 20.3. The minimum atomic E-state index is -0.653. The summed E-state index contributed by atoms with van der Waals surface area (Å²) in [5.41, 5.74) is 7.21. The van der Waals surface area contributed by atoms with E-state index >= 15 is 0 Å². The van der Waals surface area contributed by atoms with E-state index in [1.54, 1.807) is 6.07 Å². The zero-order valence-electron chi connectivity index (χ0n) is 15.0. The van der Waals surface area contributed by atoms with Gasteiger partial charge in [0.1, 0.15) is 24.1 Å². The second-order valence-corrected chi connectivity index (χ2v) is 7.17. The van der Waals surface area contributed by atoms with E-state index in [-0.39, 0.29) is 30.1 Å². The van der Waals surface area contributed by atoms with Gasteiger partial charge in [-0.25, -0.2) is 13.6 Å². The van der Waals surface area contributed by atoms with Crippen molar-refractivity contribution in [3.8, 4) is 5.88 Å². The summed E-state index contributed by atoms with van der Waals surface area (Å²) >= 11 is 0. The summed E-state index contributed by atoms with van der Waals surface area (Å²) in [5, 5.41) is 0. The Morgan fingerprint density at radius 3 is 2.82 bits per heavy atom. The Labute approximate surface area is 160 Å². The number of aromatic nitrogens is 1. The minimum Gasteiger partial charge on any atom is -0.476 e. The highest BCUT2D eigenvalue weighted by Gasteiger charge is 2.37. The Kier molecular flexibility index (Phi) is 4.13. The van der Waals surface area contributed by atoms with Crippen molar-refractivity contribution in [1.29, 1.82) is 0 Å². The maximum absolute atomic E-state index is 13.9. The van der Waals surface area contributed by atoms with Crippen LogP contribution in [0.1, 0.15) is 17.0 Å². The number of hydrogen-bond donors (Lipinski definition) is 2. The summed E-state index contributed by atoms with van der Waals surface area (Å²) in [7, 11) is 0. The topological polar surface area (TPSA) is 69.7 Å². The first kappa shape index (κ1) is 17.3. The zero-order valence-corrected chi connectivity index (χ0v) is 15.0. The SMILES string of the molecule is O=C1N(Cc2c(F)cccc2F)CCN1c1ccc2c(n1)OCC1NNCC21. The largest absolute Gasteiger partial charge is 0.476 e. The number of ether oxygens (including phenoxy) is 1. The molecule has 9 heteroatoms. The average molecular weight is 387 g/mol. The standard InChI is InChI=1S/C19H19F2N5O2/c20-14-2-1-3-15(21)13(14)9-25-6-7-26(19(25)27)17-5-4-11-12-8-22-24-16(12)10-28-18(11)23-17/h1-5,12,16,22,24H,6-10H2. The number of carbonyl (C=O) groups is 1. The van der Waals surface area contributed by atoms with E-state index in [1.165, 1.54) is 28.0 Å². The van der Waals surface area contributed by atoms with E-state index in [1.807, 2.05) is 6.07 Å². The second-order valence-electron chi connectivity index (χ2n) is 7.17. The van der Waals surface area contributed by atoms with Gasteiger partial charge in [-0.2, -0.15) is 4.98 Å². The van der Waals surface area contributed by atoms with Gasteiger partial charge in [0.2, 0.25) is 5.88 Å². The molecule has 0 saturated carbocycles. The van der Waals surface area contributed by atoms with Crippen LogP contribution in [0.25, 0.3) is 0 Å². The third kappa shape index (κ3) is 2.78. The van der Waals surface area contributed by atoms with Gasteiger partial charge in [0.05, 0.1) is 12.6 Å². The van der Waals surface area contributed by atoms with E-state index in [0.717, 1.165) is 12.1 Å². The fourth-order valence-corrected chi connectivity index (χ4v) is 4.00. The molecule has 0 bridgehead atoms. The lowest BCUT2D eigenvalue weighted by Gasteiger charge is -2.27. The van der Waals surface area contributed by atoms with Crippen LogP contribution in [-0.2, 0) is 6.54 Å². The van der Waals surface area contributed by atoms with Gasteiger partial charge in [-0.15, -0.1) is 0 Å². The number of anilines is 1. The Bertz CT molecular complexity index is 920. The van der Waals surface area contributed by atoms with E-state index in [0.29, 0.717) is 31.4 Å². The highest BCUT2D eigenvalue weighted by molar-refractivity contribution is 5.93. The molecule has 7 nitrogen and oxygen atoms in total. The molecule has 5 rings (SSSR count). The lowest BCUT2D eigenvalue weighted by Crippen LogP contribution is -2.39. The fourth-order valence-electron chi connectivity index (χ4n) is 4.00. The first-order valence-corrected chi connectivity index (χ1v) is 9.23. The van der Waals surface area contributed by atoms with Gasteiger partial charge in [-0.1, -0.05) is 6.07 Å². The molecule has 2 amide bonds. The molecule has 0 aliphatic carbocycles. The number of rotatable bonds is 3. The van der Waals surface area contributed by atoms with Crippen molar-refractivity contribution in [1.82, 2.24) is 20.7 Å². The summed E-state index contributed by atoms with van der Waals surface area (Å²) in [6.45, 7) is 1.96. The van der Waals surface area contributed by atoms with Crippen molar-refractivity contribution in [2.75, 3.05) is 31.1 Å². The van der Waals surface area contributed by atoms with Crippen LogP contribution in [0.3, 0.4) is 0 Å². The van der Waals surface area contributed by atoms with Crippen LogP contribution in [0.15, 0.2) is 30.3 Å². The van der Waals surface area contributed by atoms with E-state index < -0.39 is 11.6 Å². The molecule has 2 N–H and O–H groups in total. The first-order valence-electron chi connectivity index (χ1n) is 9.23. The van der Waals surface area contributed by atoms with E-state index in [4.69, 9.17) is 4.74 Å². The van der Waals surface area contributed by atoms with Gasteiger partial charge in [-0.3, -0.25) is 15.8 Å². The Hall–Kier alpha value is -2.78. The summed E-state index contributed by atoms with van der Waals surface area (Å²) in [5.74, 6) is -0.00633. The van der Waals surface area contributed by atoms with Crippen molar-refractivity contribution >= 4 is 11.8 Å². The predicted octanol–water partition coefficient (Wildman–Crippen LogP) is 1.75. The molecular formula is C19H19F2N5O2. The van der Waals surface area contributed by atoms with Gasteiger partial charge in [0.15, 0.2) is 0 Å². The maximum atomic E-state index is 13.9. The Morgan fingerprint density at radius 1 is 1.18 bits per heavy atom. The molecule has 0 spiro atoms. The number of carbonyl (C=O) groups excluding carboxylic acids is 1. The number of nitrogens with one attached hydrogen (secondary N) is 2. The van der Waals surface area contributed by atoms with Gasteiger partial charge >= 0.3 is 6.03 Å². The van der Waals surface area contributed by atoms with Crippen LogP contribution in [-0.4, -0.2) is 48.2 Å². The van der Waals surface area contributed by atoms with Crippen molar-refractivity contribution in [3.63, 3.8) is 0 Å². The van der Waals surface area contributed by atoms with E-state index in [9.17, 15) is 13.6 Å². The maximum Gasteiger partial charge on any atom is 0.326 e. The van der Waals surface area contributed by atoms with Crippen LogP contribution >= 0.6 is 0 Å². The number of amides is 2. The second kappa shape index (κ2) is 6.68. The molecule has 4 heterocycles. The minimum absolute atomic E-state index is 0.105. The van der Waals surface area contributed by atoms with Crippen molar-refractivity contribution in [3.05, 3.63) is 53.1 Å². The molecule has 0 radical (unpaired) electrons. The number of halogens is 2. The number of nitrogens with zero attached hydrogens (tertiary/aromatic N) is 3. The molecule has 146 valence electrons. The van der Waals surface area contributed by atoms with Gasteiger partial charge in [0.25, 0.3) is 0 Å². The summed E-state index contributed by atoms with van der Waals surface area (Å²) in [6.07, 6.45) is 0. The number of fused-ring (bicyclic) bond motifs is 3. The van der Waals surface area contributed by atoms with Crippen LogP contribution in [0, 0.1) is 11.6 Å². The van der Waals surface area contributed by atoms with Crippen molar-refractivity contribution < 1.29 is 18.3 Å². The number of hydrazine groups is 1. The molecule has 2 unspecified atom stereocenters. The molecule has 2 aromatic rings. The smallest absolute Gasteiger partial charge is 0.326 e. The third-order valence-corrected chi connectivity index (χ3v) is 5.55. The van der Waals surface area contributed by atoms with Gasteiger partial charge in [-0.05, 0) is 24.3 Å². The lowest BCUT2D eigenvalue weighted by molar-refractivity contribution is 0.217. The van der Waals surface area contributed by atoms with Gasteiger partial charge in [0, 0.05) is 36.7 Å². The number of hydrogen-bond acceptors (Lipinski definition) is 5. The highest BCUT2D eigenvalue weighted by atomic mass is 19.1. The van der Waals surface area contributed by atoms with Crippen molar-refractivity contribution in [2.45, 2.75) is 18.5 Å². The quantitative estimate of drug-likeness (QED) is 0.840. The summed E-state index contributed by atoms with van der Waals surface area (Å²) in [6, 6.07) is 7.32. The van der Waals surface area contributed by atoms with E-state index in [2.05, 4.69) is 15.8 Å². The molecule has 1 aromatic carbocycles. The molecular weight excluding hydrogens is 368 g/mol. The molecule has 2 saturated heterocycles. The molecule has 3 aliphatic heterocycles. The number of benzene rings is 1. The normalized spacial score (nSPS) is 23.6. The molecule has 2 atom stereocenters. The zero-order chi connectivity index (χ0) is 19.3. The summed E-state index contributed by atoms with van der Waals surface area (Å²) < 4.78 is 33.6. The number of pyridine rings is 1. The fraction of sp³-hybridized carbons (Fsp3) is 0.368. The third-order valence-electron chi connectivity index (χ3n) is 5.55. The Morgan fingerprint density at radius 2 is 2.00 bits per heavy atom. The van der Waals surface area contributed by atoms with Crippen LogP contribution in [0.5, 0.6) is 5.88 Å². The molecule has 28 heavy (non-hydrogen) atoms. The molecule has 1 aromatic heterocycles. The first-order chi connectivity index (χ1) is 13.6.